The molecule has 1 saturated carbocycles. The first-order valence-electron chi connectivity index (χ1n) is 12.6. The van der Waals surface area contributed by atoms with Crippen molar-refractivity contribution >= 4 is 11.9 Å². The number of rotatable bonds is 2. The van der Waals surface area contributed by atoms with Gasteiger partial charge in [0.25, 0.3) is 5.91 Å². The molecule has 2 aromatic carbocycles. The lowest BCUT2D eigenvalue weighted by atomic mass is 9.51. The molecular weight excluding hydrogens is 456 g/mol. The van der Waals surface area contributed by atoms with Gasteiger partial charge in [-0.05, 0) is 57.3 Å². The zero-order valence-electron chi connectivity index (χ0n) is 20.8. The molecule has 2 heterocycles. The molecule has 1 amide bonds. The number of hydrogen-bond acceptors (Lipinski definition) is 6. The second kappa shape index (κ2) is 8.28. The monoisotopic (exact) mass is 486 g/mol. The number of carbonyl (C=O) groups is 2. The Bertz CT molecular complexity index is 1310. The zero-order chi connectivity index (χ0) is 25.2. The van der Waals surface area contributed by atoms with Crippen molar-refractivity contribution in [1.29, 1.82) is 0 Å². The van der Waals surface area contributed by atoms with Gasteiger partial charge in [-0.1, -0.05) is 24.1 Å². The summed E-state index contributed by atoms with van der Waals surface area (Å²) in [5.41, 5.74) is 2.31. The lowest BCUT2D eigenvalue weighted by molar-refractivity contribution is -0.133. The first kappa shape index (κ1) is 22.9. The molecule has 2 fully saturated rings. The summed E-state index contributed by atoms with van der Waals surface area (Å²) in [5.74, 6) is 6.36. The summed E-state index contributed by atoms with van der Waals surface area (Å²) in [5, 5.41) is 11.0. The molecule has 5 atom stereocenters. The fourth-order valence-corrected chi connectivity index (χ4v) is 7.28. The number of phenols is 1. The van der Waals surface area contributed by atoms with Crippen LogP contribution in [-0.4, -0.2) is 65.6 Å². The van der Waals surface area contributed by atoms with E-state index in [1.165, 1.54) is 13.0 Å². The normalized spacial score (nSPS) is 29.3. The molecule has 2 aromatic rings. The first-order valence-corrected chi connectivity index (χ1v) is 12.6. The van der Waals surface area contributed by atoms with Crippen LogP contribution in [0.4, 0.5) is 0 Å². The molecule has 2 aliphatic heterocycles. The Morgan fingerprint density at radius 1 is 1.25 bits per heavy atom. The molecule has 0 aromatic heterocycles. The van der Waals surface area contributed by atoms with E-state index in [9.17, 15) is 14.7 Å². The van der Waals surface area contributed by atoms with Crippen molar-refractivity contribution in [3.8, 4) is 29.1 Å². The maximum absolute atomic E-state index is 13.2. The Morgan fingerprint density at radius 2 is 2.03 bits per heavy atom. The van der Waals surface area contributed by atoms with Gasteiger partial charge in [-0.15, -0.1) is 0 Å². The predicted molar refractivity (Wildman–Crippen MR) is 133 cm³/mol. The number of likely N-dealkylation sites (N-methyl/N-ethyl adjacent to an activating group) is 2. The van der Waals surface area contributed by atoms with Crippen molar-refractivity contribution in [2.45, 2.75) is 56.2 Å². The van der Waals surface area contributed by atoms with E-state index in [2.05, 4.69) is 23.8 Å². The van der Waals surface area contributed by atoms with E-state index in [1.54, 1.807) is 11.9 Å². The van der Waals surface area contributed by atoms with E-state index >= 15 is 0 Å². The zero-order valence-corrected chi connectivity index (χ0v) is 20.8. The number of carbonyl (C=O) groups excluding carboxylic acids is 2. The lowest BCUT2D eigenvalue weighted by Crippen LogP contribution is -2.68. The fraction of sp³-hybridized carbons (Fsp3) is 0.448. The van der Waals surface area contributed by atoms with Crippen LogP contribution < -0.4 is 9.47 Å². The van der Waals surface area contributed by atoms with Crippen LogP contribution in [0.5, 0.6) is 17.2 Å². The van der Waals surface area contributed by atoms with Gasteiger partial charge in [-0.25, -0.2) is 0 Å². The van der Waals surface area contributed by atoms with Gasteiger partial charge >= 0.3 is 5.97 Å². The van der Waals surface area contributed by atoms with Crippen LogP contribution in [0.25, 0.3) is 0 Å². The highest BCUT2D eigenvalue weighted by Crippen LogP contribution is 2.65. The molecule has 6 rings (SSSR count). The summed E-state index contributed by atoms with van der Waals surface area (Å²) in [6, 6.07) is 11.1. The van der Waals surface area contributed by atoms with Gasteiger partial charge in [0, 0.05) is 54.1 Å². The fourth-order valence-electron chi connectivity index (χ4n) is 7.28. The Balaban J connectivity index is 1.42. The number of esters is 1. The molecule has 36 heavy (non-hydrogen) atoms. The molecule has 7 heteroatoms. The summed E-state index contributed by atoms with van der Waals surface area (Å²) in [6.07, 6.45) is 3.03. The van der Waals surface area contributed by atoms with Crippen LogP contribution in [0.1, 0.15) is 42.9 Å². The second-order valence-corrected chi connectivity index (χ2v) is 10.5. The second-order valence-electron chi connectivity index (χ2n) is 10.5. The molecular formula is C29H30N2O5. The van der Waals surface area contributed by atoms with Crippen LogP contribution in [0.2, 0.25) is 0 Å². The number of likely N-dealkylation sites (tertiary alicyclic amines) is 1. The van der Waals surface area contributed by atoms with Crippen molar-refractivity contribution in [1.82, 2.24) is 9.80 Å². The number of ether oxygens (including phenoxy) is 2. The number of aromatic hydroxyl groups is 1. The minimum atomic E-state index is -0.463. The van der Waals surface area contributed by atoms with Gasteiger partial charge < -0.3 is 24.4 Å². The number of amides is 1. The summed E-state index contributed by atoms with van der Waals surface area (Å²) in [4.78, 5) is 29.2. The molecule has 1 N–H and O–H groups in total. The molecule has 7 nitrogen and oxygen atoms in total. The highest BCUT2D eigenvalue weighted by Gasteiger charge is 2.66. The standard InChI is InChI=1S/C29H30N2O5/c1-17(32)35-24-16-23(33)19-15-22-20-10-11-21(31(3)25(34)12-9-18-7-5-4-6-8-18)28-29(20,13-14-30(22)2)26(19)27(24)36-28/h4-8,16,20-22,28,33H,10-11,13-15H2,1-3H3/t20-,21-,22+,28-,29-/m0/s1. The molecule has 2 aliphatic carbocycles. The topological polar surface area (TPSA) is 79.3 Å². The van der Waals surface area contributed by atoms with Gasteiger partial charge in [-0.2, -0.15) is 0 Å². The number of phenolic OH excluding ortho intramolecular Hbond substituents is 1. The van der Waals surface area contributed by atoms with Crippen molar-refractivity contribution in [3.05, 3.63) is 53.1 Å². The smallest absolute Gasteiger partial charge is 0.308 e. The van der Waals surface area contributed by atoms with E-state index in [1.807, 2.05) is 30.3 Å². The van der Waals surface area contributed by atoms with Gasteiger partial charge in [0.05, 0.1) is 6.04 Å². The summed E-state index contributed by atoms with van der Waals surface area (Å²) in [7, 11) is 3.95. The average Bonchev–Trinajstić information content (AvgIpc) is 3.21. The van der Waals surface area contributed by atoms with E-state index < -0.39 is 5.97 Å². The minimum Gasteiger partial charge on any atom is -0.508 e. The third-order valence-corrected chi connectivity index (χ3v) is 8.81. The third kappa shape index (κ3) is 3.24. The molecule has 186 valence electrons. The summed E-state index contributed by atoms with van der Waals surface area (Å²) < 4.78 is 12.2. The molecule has 1 spiro atoms. The van der Waals surface area contributed by atoms with E-state index in [-0.39, 0.29) is 41.0 Å². The highest BCUT2D eigenvalue weighted by molar-refractivity contribution is 5.94. The quantitative estimate of drug-likeness (QED) is 0.400. The lowest BCUT2D eigenvalue weighted by Gasteiger charge is -2.59. The molecule has 1 saturated heterocycles. The van der Waals surface area contributed by atoms with Gasteiger partial charge in [0.15, 0.2) is 11.5 Å². The largest absolute Gasteiger partial charge is 0.508 e. The van der Waals surface area contributed by atoms with Crippen molar-refractivity contribution in [3.63, 3.8) is 0 Å². The van der Waals surface area contributed by atoms with Crippen molar-refractivity contribution in [2.75, 3.05) is 20.6 Å². The van der Waals surface area contributed by atoms with Crippen LogP contribution in [-0.2, 0) is 21.4 Å². The van der Waals surface area contributed by atoms with Crippen LogP contribution >= 0.6 is 0 Å². The SMILES string of the molecule is CC(=O)Oc1cc(O)c2c3c1O[C@H]1[C@@H](N(C)C(=O)C#Cc4ccccc4)CC[C@H]4[C@@H](C2)N(C)CC[C@@]341. The average molecular weight is 487 g/mol. The Hall–Kier alpha value is -3.50. The number of hydrogen-bond donors (Lipinski definition) is 1. The van der Waals surface area contributed by atoms with Crippen LogP contribution in [0.3, 0.4) is 0 Å². The van der Waals surface area contributed by atoms with Crippen LogP contribution in [0, 0.1) is 17.8 Å². The third-order valence-electron chi connectivity index (χ3n) is 8.81. The maximum atomic E-state index is 13.2. The Morgan fingerprint density at radius 3 is 2.78 bits per heavy atom. The van der Waals surface area contributed by atoms with Crippen LogP contribution in [0.15, 0.2) is 36.4 Å². The van der Waals surface area contributed by atoms with Gasteiger partial charge in [0.2, 0.25) is 0 Å². The number of nitrogens with zero attached hydrogens (tertiary/aromatic N) is 2. The molecule has 4 aliphatic rings. The Labute approximate surface area is 211 Å². The van der Waals surface area contributed by atoms with Crippen molar-refractivity contribution < 1.29 is 24.2 Å². The minimum absolute atomic E-state index is 0.146. The van der Waals surface area contributed by atoms with Gasteiger partial charge in [0.1, 0.15) is 11.9 Å². The Kier molecular flexibility index (Phi) is 5.27. The highest BCUT2D eigenvalue weighted by atomic mass is 16.6. The van der Waals surface area contributed by atoms with E-state index in [0.29, 0.717) is 11.7 Å². The van der Waals surface area contributed by atoms with E-state index in [4.69, 9.17) is 9.47 Å². The first-order chi connectivity index (χ1) is 17.3. The molecule has 2 bridgehead atoms. The maximum Gasteiger partial charge on any atom is 0.308 e. The van der Waals surface area contributed by atoms with Gasteiger partial charge in [-0.3, -0.25) is 9.59 Å². The van der Waals surface area contributed by atoms with Crippen molar-refractivity contribution in [2.24, 2.45) is 5.92 Å². The number of benzene rings is 2. The van der Waals surface area contributed by atoms with E-state index in [0.717, 1.165) is 48.9 Å². The molecule has 0 radical (unpaired) electrons. The summed E-state index contributed by atoms with van der Waals surface area (Å²) in [6.45, 7) is 2.25. The molecule has 0 unspecified atom stereocenters. The summed E-state index contributed by atoms with van der Waals surface area (Å²) >= 11 is 0. The predicted octanol–water partition coefficient (Wildman–Crippen LogP) is 2.87. The number of piperidine rings is 1.